The normalized spacial score (nSPS) is 15.4. The molecule has 0 bridgehead atoms. The average molecular weight is 355 g/mol. The Balaban J connectivity index is 1.62. The van der Waals surface area contributed by atoms with E-state index in [0.29, 0.717) is 30.3 Å². The predicted molar refractivity (Wildman–Crippen MR) is 98.5 cm³/mol. The fourth-order valence-electron chi connectivity index (χ4n) is 3.65. The molecule has 1 aromatic heterocycles. The molecule has 1 aromatic carbocycles. The van der Waals surface area contributed by atoms with E-state index in [1.54, 1.807) is 18.4 Å². The minimum Gasteiger partial charge on any atom is -0.478 e. The van der Waals surface area contributed by atoms with Gasteiger partial charge in [-0.3, -0.25) is 4.79 Å². The molecule has 1 N–H and O–H groups in total. The number of carbonyl (C=O) groups excluding carboxylic acids is 1. The molecule has 1 amide bonds. The van der Waals surface area contributed by atoms with Crippen molar-refractivity contribution in [3.05, 3.63) is 59.0 Å². The maximum atomic E-state index is 12.7. The highest BCUT2D eigenvalue weighted by atomic mass is 16.4. The second-order valence-corrected chi connectivity index (χ2v) is 7.26. The maximum absolute atomic E-state index is 12.7. The number of aromatic carboxylic acids is 1. The van der Waals surface area contributed by atoms with E-state index in [0.717, 1.165) is 30.4 Å². The Morgan fingerprint density at radius 3 is 2.54 bits per heavy atom. The van der Waals surface area contributed by atoms with Gasteiger partial charge in [0.05, 0.1) is 11.8 Å². The van der Waals surface area contributed by atoms with E-state index in [9.17, 15) is 14.7 Å². The zero-order valence-corrected chi connectivity index (χ0v) is 15.3. The summed E-state index contributed by atoms with van der Waals surface area (Å²) in [7, 11) is 0. The summed E-state index contributed by atoms with van der Waals surface area (Å²) in [5, 5.41) is 9.32. The Kier molecular flexibility index (Phi) is 5.45. The smallest absolute Gasteiger partial charge is 0.335 e. The van der Waals surface area contributed by atoms with E-state index in [2.05, 4.69) is 0 Å². The minimum atomic E-state index is -0.882. The number of benzene rings is 1. The van der Waals surface area contributed by atoms with E-state index >= 15 is 0 Å². The van der Waals surface area contributed by atoms with Crippen molar-refractivity contribution in [2.24, 2.45) is 5.92 Å². The molecule has 1 fully saturated rings. The van der Waals surface area contributed by atoms with Gasteiger partial charge in [0, 0.05) is 18.7 Å². The fourth-order valence-corrected chi connectivity index (χ4v) is 3.65. The number of carboxylic acids is 1. The number of nitrogens with zero attached hydrogens (tertiary/aromatic N) is 1. The van der Waals surface area contributed by atoms with Gasteiger partial charge in [-0.15, -0.1) is 0 Å². The zero-order valence-electron chi connectivity index (χ0n) is 15.3. The standard InChI is InChI=1S/C21H25NO4/c1-14(2)17-9-12-26-19(17)20(23)22-10-7-15(8-11-22)13-16-5-3-4-6-18(16)21(24)25/h3-6,9,12,14-15H,7-8,10-11,13H2,1-2H3,(H,24,25). The summed E-state index contributed by atoms with van der Waals surface area (Å²) in [4.78, 5) is 26.0. The van der Waals surface area contributed by atoms with Crippen LogP contribution < -0.4 is 0 Å². The number of hydrogen-bond donors (Lipinski definition) is 1. The number of carboxylic acid groups (broad SMARTS) is 1. The molecule has 26 heavy (non-hydrogen) atoms. The second kappa shape index (κ2) is 7.77. The molecule has 0 saturated carbocycles. The van der Waals surface area contributed by atoms with E-state index in [1.807, 2.05) is 36.9 Å². The first-order valence-corrected chi connectivity index (χ1v) is 9.15. The molecule has 1 aliphatic rings. The Labute approximate surface area is 153 Å². The summed E-state index contributed by atoms with van der Waals surface area (Å²) < 4.78 is 5.45. The Bertz CT molecular complexity index is 785. The van der Waals surface area contributed by atoms with Crippen molar-refractivity contribution in [1.29, 1.82) is 0 Å². The van der Waals surface area contributed by atoms with E-state index in [4.69, 9.17) is 4.42 Å². The zero-order chi connectivity index (χ0) is 18.7. The van der Waals surface area contributed by atoms with Crippen molar-refractivity contribution < 1.29 is 19.1 Å². The van der Waals surface area contributed by atoms with E-state index < -0.39 is 5.97 Å². The van der Waals surface area contributed by atoms with Crippen LogP contribution in [0, 0.1) is 5.92 Å². The third-order valence-corrected chi connectivity index (χ3v) is 5.17. The number of likely N-dealkylation sites (tertiary alicyclic amines) is 1. The van der Waals surface area contributed by atoms with Gasteiger partial charge in [0.2, 0.25) is 0 Å². The molecule has 138 valence electrons. The first-order chi connectivity index (χ1) is 12.5. The summed E-state index contributed by atoms with van der Waals surface area (Å²) in [6.07, 6.45) is 4.06. The van der Waals surface area contributed by atoms with Crippen LogP contribution in [0.25, 0.3) is 0 Å². The van der Waals surface area contributed by atoms with Crippen molar-refractivity contribution in [2.45, 2.75) is 39.0 Å². The summed E-state index contributed by atoms with van der Waals surface area (Å²) in [5.74, 6) is 0.170. The van der Waals surface area contributed by atoms with Crippen LogP contribution in [0.1, 0.15) is 64.6 Å². The van der Waals surface area contributed by atoms with Gasteiger partial charge in [-0.05, 0) is 48.8 Å². The van der Waals surface area contributed by atoms with Gasteiger partial charge >= 0.3 is 5.97 Å². The second-order valence-electron chi connectivity index (χ2n) is 7.26. The molecule has 0 unspecified atom stereocenters. The molecular weight excluding hydrogens is 330 g/mol. The van der Waals surface area contributed by atoms with Gasteiger partial charge in [0.25, 0.3) is 5.91 Å². The average Bonchev–Trinajstić information content (AvgIpc) is 3.12. The van der Waals surface area contributed by atoms with Gasteiger partial charge in [0.1, 0.15) is 0 Å². The third kappa shape index (κ3) is 3.82. The Morgan fingerprint density at radius 1 is 1.19 bits per heavy atom. The van der Waals surface area contributed by atoms with Gasteiger partial charge in [-0.25, -0.2) is 4.79 Å². The van der Waals surface area contributed by atoms with Gasteiger partial charge < -0.3 is 14.4 Å². The summed E-state index contributed by atoms with van der Waals surface area (Å²) in [6.45, 7) is 5.45. The monoisotopic (exact) mass is 355 g/mol. The van der Waals surface area contributed by atoms with Crippen LogP contribution >= 0.6 is 0 Å². The topological polar surface area (TPSA) is 70.8 Å². The molecule has 1 aliphatic heterocycles. The molecule has 0 spiro atoms. The van der Waals surface area contributed by atoms with Crippen LogP contribution in [0.3, 0.4) is 0 Å². The number of piperidine rings is 1. The van der Waals surface area contributed by atoms with Crippen LogP contribution in [-0.4, -0.2) is 35.0 Å². The summed E-state index contributed by atoms with van der Waals surface area (Å²) >= 11 is 0. The first kappa shape index (κ1) is 18.2. The molecule has 3 rings (SSSR count). The van der Waals surface area contributed by atoms with Crippen LogP contribution in [-0.2, 0) is 6.42 Å². The Morgan fingerprint density at radius 2 is 1.88 bits per heavy atom. The van der Waals surface area contributed by atoms with Crippen molar-refractivity contribution in [2.75, 3.05) is 13.1 Å². The van der Waals surface area contributed by atoms with Gasteiger partial charge in [-0.1, -0.05) is 32.0 Å². The molecule has 5 nitrogen and oxygen atoms in total. The first-order valence-electron chi connectivity index (χ1n) is 9.15. The number of furan rings is 1. The van der Waals surface area contributed by atoms with Crippen LogP contribution in [0.2, 0.25) is 0 Å². The number of carbonyl (C=O) groups is 2. The summed E-state index contributed by atoms with van der Waals surface area (Å²) in [6, 6.07) is 9.04. The molecule has 0 radical (unpaired) electrons. The van der Waals surface area contributed by atoms with Crippen LogP contribution in [0.4, 0.5) is 0 Å². The number of hydrogen-bond acceptors (Lipinski definition) is 3. The Hall–Kier alpha value is -2.56. The largest absolute Gasteiger partial charge is 0.478 e. The highest BCUT2D eigenvalue weighted by Crippen LogP contribution is 2.27. The predicted octanol–water partition coefficient (Wildman–Crippen LogP) is 4.20. The quantitative estimate of drug-likeness (QED) is 0.873. The molecular formula is C21H25NO4. The lowest BCUT2D eigenvalue weighted by Gasteiger charge is -2.32. The summed E-state index contributed by atoms with van der Waals surface area (Å²) in [5.41, 5.74) is 2.20. The van der Waals surface area contributed by atoms with E-state index in [1.165, 1.54) is 0 Å². The SMILES string of the molecule is CC(C)c1ccoc1C(=O)N1CCC(Cc2ccccc2C(=O)O)CC1. The van der Waals surface area contributed by atoms with Gasteiger partial charge in [0.15, 0.2) is 5.76 Å². The molecule has 2 aromatic rings. The highest BCUT2D eigenvalue weighted by Gasteiger charge is 2.28. The lowest BCUT2D eigenvalue weighted by Crippen LogP contribution is -2.39. The maximum Gasteiger partial charge on any atom is 0.335 e. The van der Waals surface area contributed by atoms with E-state index in [-0.39, 0.29) is 11.8 Å². The lowest BCUT2D eigenvalue weighted by molar-refractivity contribution is 0.0656. The third-order valence-electron chi connectivity index (χ3n) is 5.17. The van der Waals surface area contributed by atoms with Crippen LogP contribution in [0.15, 0.2) is 41.0 Å². The molecule has 2 heterocycles. The number of rotatable bonds is 5. The van der Waals surface area contributed by atoms with Crippen molar-refractivity contribution in [3.8, 4) is 0 Å². The van der Waals surface area contributed by atoms with Crippen molar-refractivity contribution >= 4 is 11.9 Å². The van der Waals surface area contributed by atoms with Crippen molar-refractivity contribution in [3.63, 3.8) is 0 Å². The lowest BCUT2D eigenvalue weighted by atomic mass is 9.88. The highest BCUT2D eigenvalue weighted by molar-refractivity contribution is 5.93. The molecule has 5 heteroatoms. The van der Waals surface area contributed by atoms with Gasteiger partial charge in [-0.2, -0.15) is 0 Å². The minimum absolute atomic E-state index is 0.0388. The fraction of sp³-hybridized carbons (Fsp3) is 0.429. The molecule has 0 aliphatic carbocycles. The van der Waals surface area contributed by atoms with Crippen molar-refractivity contribution in [1.82, 2.24) is 4.90 Å². The number of amides is 1. The molecule has 1 saturated heterocycles. The van der Waals surface area contributed by atoms with Crippen LogP contribution in [0.5, 0.6) is 0 Å². The molecule has 0 atom stereocenters.